The first-order chi connectivity index (χ1) is 8.71. The number of benzene rings is 1. The number of hydrogen-bond acceptors (Lipinski definition) is 2. The Labute approximate surface area is 129 Å². The van der Waals surface area contributed by atoms with Crippen molar-refractivity contribution in [2.24, 2.45) is 5.92 Å². The molecule has 0 amide bonds. The Morgan fingerprint density at radius 3 is 2.37 bits per heavy atom. The van der Waals surface area contributed by atoms with Gasteiger partial charge in [0.1, 0.15) is 0 Å². The third-order valence-electron chi connectivity index (χ3n) is 3.35. The third-order valence-corrected chi connectivity index (χ3v) is 6.59. The molecular formula is C13H19BrClNO2S. The minimum absolute atomic E-state index is 0.0726. The summed E-state index contributed by atoms with van der Waals surface area (Å²) < 4.78 is 27.2. The summed E-state index contributed by atoms with van der Waals surface area (Å²) in [6.45, 7) is 5.91. The van der Waals surface area contributed by atoms with Crippen LogP contribution in [0.3, 0.4) is 0 Å². The summed E-state index contributed by atoms with van der Waals surface area (Å²) in [5.41, 5.74) is 0.786. The lowest BCUT2D eigenvalue weighted by Gasteiger charge is -2.27. The summed E-state index contributed by atoms with van der Waals surface area (Å²) >= 11 is 9.07. The molecule has 0 aliphatic heterocycles. The van der Waals surface area contributed by atoms with Gasteiger partial charge in [-0.1, -0.05) is 19.9 Å². The Morgan fingerprint density at radius 2 is 1.89 bits per heavy atom. The predicted molar refractivity (Wildman–Crippen MR) is 82.9 cm³/mol. The third kappa shape index (κ3) is 3.72. The maximum Gasteiger partial charge on any atom is 0.244 e. The lowest BCUT2D eigenvalue weighted by atomic mass is 10.1. The molecule has 6 heteroatoms. The molecule has 0 heterocycles. The molecule has 1 aromatic rings. The highest BCUT2D eigenvalue weighted by molar-refractivity contribution is 9.10. The van der Waals surface area contributed by atoms with Gasteiger partial charge in [-0.25, -0.2) is 8.42 Å². The molecule has 0 bridgehead atoms. The number of halogens is 2. The van der Waals surface area contributed by atoms with Crippen LogP contribution in [0, 0.1) is 5.92 Å². The maximum absolute atomic E-state index is 12.6. The first kappa shape index (κ1) is 17.0. The van der Waals surface area contributed by atoms with Gasteiger partial charge in [0.15, 0.2) is 0 Å². The van der Waals surface area contributed by atoms with Crippen LogP contribution in [-0.2, 0) is 15.9 Å². The maximum atomic E-state index is 12.6. The highest BCUT2D eigenvalue weighted by Gasteiger charge is 2.28. The van der Waals surface area contributed by atoms with Crippen LogP contribution >= 0.6 is 27.5 Å². The second-order valence-electron chi connectivity index (χ2n) is 4.90. The molecule has 0 spiro atoms. The number of hydrogen-bond donors (Lipinski definition) is 0. The smallest absolute Gasteiger partial charge is 0.207 e. The quantitative estimate of drug-likeness (QED) is 0.740. The Kier molecular flexibility index (Phi) is 5.86. The van der Waals surface area contributed by atoms with Crippen molar-refractivity contribution < 1.29 is 8.42 Å². The van der Waals surface area contributed by atoms with E-state index in [1.54, 1.807) is 19.2 Å². The summed E-state index contributed by atoms with van der Waals surface area (Å²) in [5.74, 6) is 0.536. The van der Waals surface area contributed by atoms with Crippen molar-refractivity contribution in [1.29, 1.82) is 0 Å². The van der Waals surface area contributed by atoms with Crippen LogP contribution in [0.4, 0.5) is 0 Å². The highest BCUT2D eigenvalue weighted by Crippen LogP contribution is 2.28. The fraction of sp³-hybridized carbons (Fsp3) is 0.538. The number of nitrogens with zero attached hydrogens (tertiary/aromatic N) is 1. The first-order valence-electron chi connectivity index (χ1n) is 6.04. The molecule has 0 N–H and O–H groups in total. The molecule has 1 rings (SSSR count). The van der Waals surface area contributed by atoms with Crippen LogP contribution < -0.4 is 0 Å². The summed E-state index contributed by atoms with van der Waals surface area (Å²) in [4.78, 5) is 0.264. The molecule has 0 aliphatic carbocycles. The summed E-state index contributed by atoms with van der Waals surface area (Å²) in [5, 5.41) is 0. The molecule has 19 heavy (non-hydrogen) atoms. The molecule has 1 unspecified atom stereocenters. The molecule has 0 saturated heterocycles. The highest BCUT2D eigenvalue weighted by atomic mass is 79.9. The Balaban J connectivity index is 3.27. The van der Waals surface area contributed by atoms with Gasteiger partial charge in [-0.05, 0) is 46.5 Å². The zero-order valence-electron chi connectivity index (χ0n) is 11.5. The van der Waals surface area contributed by atoms with Gasteiger partial charge < -0.3 is 0 Å². The van der Waals surface area contributed by atoms with Gasteiger partial charge in [0.25, 0.3) is 0 Å². The van der Waals surface area contributed by atoms with E-state index in [0.29, 0.717) is 10.4 Å². The van der Waals surface area contributed by atoms with Gasteiger partial charge in [-0.3, -0.25) is 0 Å². The van der Waals surface area contributed by atoms with E-state index in [9.17, 15) is 8.42 Å². The van der Waals surface area contributed by atoms with E-state index in [4.69, 9.17) is 11.6 Å². The number of sulfonamides is 1. The molecule has 108 valence electrons. The van der Waals surface area contributed by atoms with Gasteiger partial charge in [-0.2, -0.15) is 4.31 Å². The minimum atomic E-state index is -3.52. The molecule has 0 aromatic heterocycles. The Bertz CT molecular complexity index is 546. The van der Waals surface area contributed by atoms with Crippen LogP contribution in [0.15, 0.2) is 27.6 Å². The number of rotatable bonds is 5. The van der Waals surface area contributed by atoms with E-state index in [2.05, 4.69) is 15.9 Å². The molecule has 3 nitrogen and oxygen atoms in total. The second-order valence-corrected chi connectivity index (χ2v) is 7.99. The van der Waals surface area contributed by atoms with Crippen LogP contribution in [0.1, 0.15) is 26.3 Å². The van der Waals surface area contributed by atoms with E-state index in [1.807, 2.05) is 26.8 Å². The van der Waals surface area contributed by atoms with Crippen molar-refractivity contribution in [2.75, 3.05) is 7.05 Å². The van der Waals surface area contributed by atoms with Crippen molar-refractivity contribution in [1.82, 2.24) is 4.31 Å². The average Bonchev–Trinajstić information content (AvgIpc) is 2.37. The normalized spacial score (nSPS) is 14.1. The van der Waals surface area contributed by atoms with Crippen LogP contribution in [-0.4, -0.2) is 25.8 Å². The van der Waals surface area contributed by atoms with E-state index in [0.717, 1.165) is 5.56 Å². The van der Waals surface area contributed by atoms with Crippen LogP contribution in [0.2, 0.25) is 0 Å². The van der Waals surface area contributed by atoms with Crippen molar-refractivity contribution >= 4 is 37.6 Å². The largest absolute Gasteiger partial charge is 0.244 e. The monoisotopic (exact) mass is 367 g/mol. The topological polar surface area (TPSA) is 37.4 Å². The predicted octanol–water partition coefficient (Wildman–Crippen LogP) is 3.85. The van der Waals surface area contributed by atoms with Crippen molar-refractivity contribution in [3.8, 4) is 0 Å². The standard InChI is InChI=1S/C13H19BrClNO2S/c1-9(2)10(3)16(4)19(17,18)13-7-11(8-15)5-6-12(13)14/h5-7,9-10H,8H2,1-4H3. The summed E-state index contributed by atoms with van der Waals surface area (Å²) in [7, 11) is -1.91. The lowest BCUT2D eigenvalue weighted by Crippen LogP contribution is -2.38. The van der Waals surface area contributed by atoms with E-state index >= 15 is 0 Å². The van der Waals surface area contributed by atoms with Crippen molar-refractivity contribution in [3.63, 3.8) is 0 Å². The molecule has 0 aliphatic rings. The molecule has 0 radical (unpaired) electrons. The van der Waals surface area contributed by atoms with Gasteiger partial charge in [0, 0.05) is 23.4 Å². The van der Waals surface area contributed by atoms with Crippen LogP contribution in [0.25, 0.3) is 0 Å². The Hall–Kier alpha value is -0.100. The molecule has 1 aromatic carbocycles. The Morgan fingerprint density at radius 1 is 1.32 bits per heavy atom. The van der Waals surface area contributed by atoms with Gasteiger partial charge in [-0.15, -0.1) is 11.6 Å². The van der Waals surface area contributed by atoms with Gasteiger partial charge >= 0.3 is 0 Å². The lowest BCUT2D eigenvalue weighted by molar-refractivity contribution is 0.315. The molecule has 0 fully saturated rings. The first-order valence-corrected chi connectivity index (χ1v) is 8.81. The average molecular weight is 369 g/mol. The number of alkyl halides is 1. The van der Waals surface area contributed by atoms with E-state index in [-0.39, 0.29) is 16.9 Å². The SMILES string of the molecule is CC(C)C(C)N(C)S(=O)(=O)c1cc(CCl)ccc1Br. The van der Waals surface area contributed by atoms with Gasteiger partial charge in [0.2, 0.25) is 10.0 Å². The molecule has 1 atom stereocenters. The summed E-state index contributed by atoms with van der Waals surface area (Å²) in [6.07, 6.45) is 0. The zero-order chi connectivity index (χ0) is 14.8. The fourth-order valence-electron chi connectivity index (χ4n) is 1.62. The zero-order valence-corrected chi connectivity index (χ0v) is 14.7. The van der Waals surface area contributed by atoms with Crippen molar-refractivity contribution in [2.45, 2.75) is 37.6 Å². The summed E-state index contributed by atoms with van der Waals surface area (Å²) in [6, 6.07) is 5.08. The van der Waals surface area contributed by atoms with Crippen molar-refractivity contribution in [3.05, 3.63) is 28.2 Å². The minimum Gasteiger partial charge on any atom is -0.207 e. The fourth-order valence-corrected chi connectivity index (χ4v) is 4.26. The molecule has 0 saturated carbocycles. The van der Waals surface area contributed by atoms with Gasteiger partial charge in [0.05, 0.1) is 4.90 Å². The van der Waals surface area contributed by atoms with E-state index < -0.39 is 10.0 Å². The van der Waals surface area contributed by atoms with E-state index in [1.165, 1.54) is 4.31 Å². The molecular weight excluding hydrogens is 350 g/mol. The van der Waals surface area contributed by atoms with Crippen LogP contribution in [0.5, 0.6) is 0 Å². The second kappa shape index (κ2) is 6.57.